The molecule has 2 aromatic carbocycles. The lowest BCUT2D eigenvalue weighted by atomic mass is 10.1. The number of para-hydroxylation sites is 1. The summed E-state index contributed by atoms with van der Waals surface area (Å²) in [6.07, 6.45) is 0. The number of nitrogens with two attached hydrogens (primary N) is 1. The van der Waals surface area contributed by atoms with Crippen molar-refractivity contribution < 1.29 is 9.66 Å². The number of nitrogens with zero attached hydrogens (tertiary/aromatic N) is 1. The second kappa shape index (κ2) is 5.90. The van der Waals surface area contributed by atoms with Crippen molar-refractivity contribution >= 4 is 17.3 Å². The van der Waals surface area contributed by atoms with Crippen molar-refractivity contribution in [1.29, 1.82) is 0 Å². The molecule has 2 rings (SSSR count). The fourth-order valence-corrected chi connectivity index (χ4v) is 1.97. The van der Waals surface area contributed by atoms with Crippen LogP contribution >= 0.6 is 11.6 Å². The molecule has 0 aliphatic heterocycles. The van der Waals surface area contributed by atoms with E-state index >= 15 is 0 Å². The summed E-state index contributed by atoms with van der Waals surface area (Å²) in [4.78, 5) is 10.1. The number of hydrogen-bond acceptors (Lipinski definition) is 4. The van der Waals surface area contributed by atoms with Crippen molar-refractivity contribution in [2.75, 3.05) is 0 Å². The Bertz CT molecular complexity index is 644. The zero-order chi connectivity index (χ0) is 14.7. The number of nitro groups is 1. The van der Waals surface area contributed by atoms with Crippen LogP contribution in [0.5, 0.6) is 11.5 Å². The Balaban J connectivity index is 2.33. The standard InChI is InChI=1S/C14H13ClN2O3/c1-9(16)11-4-2-3-5-13(11)20-14-7-6-10(17(18)19)8-12(14)15/h2-9H,16H2,1H3. The maximum Gasteiger partial charge on any atom is 0.271 e. The number of hydrogen-bond donors (Lipinski definition) is 1. The van der Waals surface area contributed by atoms with Gasteiger partial charge in [-0.05, 0) is 19.1 Å². The number of rotatable bonds is 4. The van der Waals surface area contributed by atoms with Gasteiger partial charge in [0.2, 0.25) is 0 Å². The SMILES string of the molecule is CC(N)c1ccccc1Oc1ccc([N+](=O)[O-])cc1Cl. The zero-order valence-corrected chi connectivity index (χ0v) is 11.5. The second-order valence-corrected chi connectivity index (χ2v) is 4.71. The molecule has 1 unspecified atom stereocenters. The molecule has 0 aliphatic rings. The number of halogens is 1. The molecule has 0 radical (unpaired) electrons. The Labute approximate surface area is 121 Å². The van der Waals surface area contributed by atoms with Gasteiger partial charge in [0.1, 0.15) is 11.5 Å². The van der Waals surface area contributed by atoms with Crippen LogP contribution in [-0.4, -0.2) is 4.92 Å². The lowest BCUT2D eigenvalue weighted by Crippen LogP contribution is -2.06. The fourth-order valence-electron chi connectivity index (χ4n) is 1.75. The van der Waals surface area contributed by atoms with Crippen LogP contribution in [0.3, 0.4) is 0 Å². The molecule has 1 atom stereocenters. The maximum absolute atomic E-state index is 10.7. The summed E-state index contributed by atoms with van der Waals surface area (Å²) in [5.41, 5.74) is 6.62. The van der Waals surface area contributed by atoms with Gasteiger partial charge >= 0.3 is 0 Å². The molecule has 0 amide bonds. The molecule has 0 heterocycles. The van der Waals surface area contributed by atoms with Gasteiger partial charge < -0.3 is 10.5 Å². The number of ether oxygens (including phenoxy) is 1. The van der Waals surface area contributed by atoms with E-state index in [2.05, 4.69) is 0 Å². The molecular weight excluding hydrogens is 280 g/mol. The zero-order valence-electron chi connectivity index (χ0n) is 10.7. The van der Waals surface area contributed by atoms with E-state index in [1.54, 1.807) is 6.07 Å². The molecule has 0 fully saturated rings. The molecule has 2 aromatic rings. The third-order valence-electron chi connectivity index (χ3n) is 2.76. The summed E-state index contributed by atoms with van der Waals surface area (Å²) in [7, 11) is 0. The summed E-state index contributed by atoms with van der Waals surface area (Å²) in [5.74, 6) is 0.934. The minimum atomic E-state index is -0.508. The van der Waals surface area contributed by atoms with Crippen LogP contribution in [0.1, 0.15) is 18.5 Å². The molecule has 6 heteroatoms. The normalized spacial score (nSPS) is 11.9. The van der Waals surface area contributed by atoms with Gasteiger partial charge in [-0.25, -0.2) is 0 Å². The summed E-state index contributed by atoms with van der Waals surface area (Å²) in [6.45, 7) is 1.85. The first kappa shape index (κ1) is 14.3. The molecule has 0 aliphatic carbocycles. The quantitative estimate of drug-likeness (QED) is 0.681. The van der Waals surface area contributed by atoms with E-state index in [0.717, 1.165) is 5.56 Å². The van der Waals surface area contributed by atoms with E-state index in [-0.39, 0.29) is 16.8 Å². The van der Waals surface area contributed by atoms with Gasteiger partial charge in [-0.1, -0.05) is 29.8 Å². The fraction of sp³-hybridized carbons (Fsp3) is 0.143. The molecule has 104 valence electrons. The van der Waals surface area contributed by atoms with Crippen molar-refractivity contribution in [3.8, 4) is 11.5 Å². The highest BCUT2D eigenvalue weighted by Crippen LogP contribution is 2.34. The van der Waals surface area contributed by atoms with Crippen LogP contribution in [-0.2, 0) is 0 Å². The average Bonchev–Trinajstić information content (AvgIpc) is 2.41. The highest BCUT2D eigenvalue weighted by molar-refractivity contribution is 6.32. The molecule has 20 heavy (non-hydrogen) atoms. The second-order valence-electron chi connectivity index (χ2n) is 4.30. The predicted octanol–water partition coefficient (Wildman–Crippen LogP) is 4.06. The molecule has 2 N–H and O–H groups in total. The molecule has 0 saturated heterocycles. The third kappa shape index (κ3) is 3.07. The van der Waals surface area contributed by atoms with Crippen molar-refractivity contribution in [3.63, 3.8) is 0 Å². The van der Waals surface area contributed by atoms with Gasteiger partial charge in [-0.2, -0.15) is 0 Å². The van der Waals surface area contributed by atoms with Gasteiger partial charge in [0.15, 0.2) is 0 Å². The molecule has 5 nitrogen and oxygen atoms in total. The first-order valence-corrected chi connectivity index (χ1v) is 6.33. The minimum absolute atomic E-state index is 0.0807. The number of benzene rings is 2. The number of non-ortho nitro benzene ring substituents is 1. The van der Waals surface area contributed by atoms with Crippen LogP contribution in [0.4, 0.5) is 5.69 Å². The summed E-state index contributed by atoms with van der Waals surface area (Å²) in [6, 6.07) is 11.2. The predicted molar refractivity (Wildman–Crippen MR) is 77.2 cm³/mol. The van der Waals surface area contributed by atoms with Crippen LogP contribution in [0.15, 0.2) is 42.5 Å². The lowest BCUT2D eigenvalue weighted by Gasteiger charge is -2.14. The van der Waals surface area contributed by atoms with Crippen molar-refractivity contribution in [1.82, 2.24) is 0 Å². The largest absolute Gasteiger partial charge is 0.455 e. The van der Waals surface area contributed by atoms with Gasteiger partial charge in [-0.15, -0.1) is 0 Å². The molecule has 0 aromatic heterocycles. The minimum Gasteiger partial charge on any atom is -0.455 e. The van der Waals surface area contributed by atoms with Crippen LogP contribution in [0.25, 0.3) is 0 Å². The topological polar surface area (TPSA) is 78.4 Å². The Hall–Kier alpha value is -2.11. The van der Waals surface area contributed by atoms with Crippen LogP contribution in [0, 0.1) is 10.1 Å². The molecule has 0 bridgehead atoms. The van der Waals surface area contributed by atoms with Crippen molar-refractivity contribution in [2.45, 2.75) is 13.0 Å². The molecule has 0 spiro atoms. The molecule has 0 saturated carbocycles. The van der Waals surface area contributed by atoms with Gasteiger partial charge in [0, 0.05) is 23.7 Å². The number of nitro benzene ring substituents is 1. The summed E-state index contributed by atoms with van der Waals surface area (Å²) >= 11 is 5.99. The Morgan fingerprint density at radius 3 is 2.55 bits per heavy atom. The van der Waals surface area contributed by atoms with Crippen LogP contribution in [0.2, 0.25) is 5.02 Å². The van der Waals surface area contributed by atoms with E-state index in [1.807, 2.05) is 25.1 Å². The van der Waals surface area contributed by atoms with Crippen molar-refractivity contribution in [2.24, 2.45) is 5.73 Å². The maximum atomic E-state index is 10.7. The smallest absolute Gasteiger partial charge is 0.271 e. The van der Waals surface area contributed by atoms with E-state index in [0.29, 0.717) is 11.5 Å². The Morgan fingerprint density at radius 2 is 1.95 bits per heavy atom. The highest BCUT2D eigenvalue weighted by atomic mass is 35.5. The average molecular weight is 293 g/mol. The van der Waals surface area contributed by atoms with E-state index in [1.165, 1.54) is 18.2 Å². The van der Waals surface area contributed by atoms with Gasteiger partial charge in [-0.3, -0.25) is 10.1 Å². The van der Waals surface area contributed by atoms with E-state index in [4.69, 9.17) is 22.1 Å². The van der Waals surface area contributed by atoms with E-state index < -0.39 is 4.92 Å². The first-order chi connectivity index (χ1) is 9.49. The van der Waals surface area contributed by atoms with Crippen molar-refractivity contribution in [3.05, 3.63) is 63.2 Å². The monoisotopic (exact) mass is 292 g/mol. The third-order valence-corrected chi connectivity index (χ3v) is 3.05. The van der Waals surface area contributed by atoms with Gasteiger partial charge in [0.05, 0.1) is 9.95 Å². The Kier molecular flexibility index (Phi) is 4.22. The van der Waals surface area contributed by atoms with E-state index in [9.17, 15) is 10.1 Å². The first-order valence-electron chi connectivity index (χ1n) is 5.95. The summed E-state index contributed by atoms with van der Waals surface area (Å²) in [5, 5.41) is 10.8. The van der Waals surface area contributed by atoms with Gasteiger partial charge in [0.25, 0.3) is 5.69 Å². The van der Waals surface area contributed by atoms with Crippen LogP contribution < -0.4 is 10.5 Å². The lowest BCUT2D eigenvalue weighted by molar-refractivity contribution is -0.384. The summed E-state index contributed by atoms with van der Waals surface area (Å²) < 4.78 is 5.70. The highest BCUT2D eigenvalue weighted by Gasteiger charge is 2.13. The Morgan fingerprint density at radius 1 is 1.25 bits per heavy atom. The molecular formula is C14H13ClN2O3.